The first-order valence-electron chi connectivity index (χ1n) is 7.56. The Bertz CT molecular complexity index is 664. The first-order valence-corrected chi connectivity index (χ1v) is 8.55. The van der Waals surface area contributed by atoms with E-state index in [0.717, 1.165) is 11.5 Å². The summed E-state index contributed by atoms with van der Waals surface area (Å²) >= 11 is 1.36. The molecule has 0 spiro atoms. The zero-order chi connectivity index (χ0) is 15.5. The quantitative estimate of drug-likeness (QED) is 0.800. The average Bonchev–Trinajstić information content (AvgIpc) is 3.24. The lowest BCUT2D eigenvalue weighted by Crippen LogP contribution is -2.14. The molecule has 3 rings (SSSR count). The standard InChI is InChI=1S/C16H20N4OS/c1-10(2)12-4-3-5-13(8-12)17-14(21)9-22-16-18-15(19-20-16)11-6-7-11/h3-5,8,10-11H,6-7,9H2,1-2H3,(H,17,21)(H,18,19,20). The summed E-state index contributed by atoms with van der Waals surface area (Å²) in [4.78, 5) is 16.4. The summed E-state index contributed by atoms with van der Waals surface area (Å²) in [7, 11) is 0. The summed E-state index contributed by atoms with van der Waals surface area (Å²) in [5, 5.41) is 10.7. The minimum atomic E-state index is -0.0383. The maximum absolute atomic E-state index is 12.0. The average molecular weight is 316 g/mol. The fourth-order valence-corrected chi connectivity index (χ4v) is 2.77. The van der Waals surface area contributed by atoms with E-state index >= 15 is 0 Å². The van der Waals surface area contributed by atoms with Crippen LogP contribution < -0.4 is 5.32 Å². The van der Waals surface area contributed by atoms with Crippen LogP contribution in [0.15, 0.2) is 29.4 Å². The molecule has 116 valence electrons. The molecule has 0 bridgehead atoms. The fourth-order valence-electron chi connectivity index (χ4n) is 2.16. The van der Waals surface area contributed by atoms with Gasteiger partial charge in [-0.05, 0) is 36.5 Å². The van der Waals surface area contributed by atoms with E-state index in [-0.39, 0.29) is 5.91 Å². The lowest BCUT2D eigenvalue weighted by atomic mass is 10.0. The highest BCUT2D eigenvalue weighted by Gasteiger charge is 2.27. The van der Waals surface area contributed by atoms with Crippen LogP contribution >= 0.6 is 11.8 Å². The van der Waals surface area contributed by atoms with Crippen LogP contribution in [0.3, 0.4) is 0 Å². The van der Waals surface area contributed by atoms with E-state index in [4.69, 9.17) is 0 Å². The molecule has 0 atom stereocenters. The van der Waals surface area contributed by atoms with E-state index in [1.807, 2.05) is 18.2 Å². The van der Waals surface area contributed by atoms with Gasteiger partial charge in [-0.25, -0.2) is 4.98 Å². The first-order chi connectivity index (χ1) is 10.6. The highest BCUT2D eigenvalue weighted by molar-refractivity contribution is 7.99. The van der Waals surface area contributed by atoms with Crippen LogP contribution in [-0.2, 0) is 4.79 Å². The molecule has 1 amide bonds. The van der Waals surface area contributed by atoms with E-state index in [0.29, 0.717) is 22.7 Å². The van der Waals surface area contributed by atoms with Crippen LogP contribution in [-0.4, -0.2) is 26.8 Å². The number of nitrogens with zero attached hydrogens (tertiary/aromatic N) is 2. The SMILES string of the molecule is CC(C)c1cccc(NC(=O)CSc2n[nH]c(C3CC3)n2)c1. The van der Waals surface area contributed by atoms with Crippen molar-refractivity contribution in [2.24, 2.45) is 0 Å². The van der Waals surface area contributed by atoms with E-state index in [1.54, 1.807) is 0 Å². The minimum absolute atomic E-state index is 0.0383. The van der Waals surface area contributed by atoms with Crippen LogP contribution in [0.4, 0.5) is 5.69 Å². The lowest BCUT2D eigenvalue weighted by molar-refractivity contribution is -0.113. The number of thioether (sulfide) groups is 1. The highest BCUT2D eigenvalue weighted by atomic mass is 32.2. The summed E-state index contributed by atoms with van der Waals surface area (Å²) in [6, 6.07) is 7.97. The molecule has 1 aliphatic rings. The number of amides is 1. The van der Waals surface area contributed by atoms with Gasteiger partial charge in [-0.15, -0.1) is 5.10 Å². The molecule has 0 saturated heterocycles. The topological polar surface area (TPSA) is 70.7 Å². The number of carbonyl (C=O) groups excluding carboxylic acids is 1. The van der Waals surface area contributed by atoms with Gasteiger partial charge < -0.3 is 5.32 Å². The van der Waals surface area contributed by atoms with E-state index in [1.165, 1.54) is 30.2 Å². The van der Waals surface area contributed by atoms with Gasteiger partial charge in [0, 0.05) is 11.6 Å². The summed E-state index contributed by atoms with van der Waals surface area (Å²) in [6.07, 6.45) is 2.37. The number of aromatic amines is 1. The Kier molecular flexibility index (Phi) is 4.47. The zero-order valence-electron chi connectivity index (χ0n) is 12.8. The van der Waals surface area contributed by atoms with Gasteiger partial charge in [-0.2, -0.15) is 0 Å². The van der Waals surface area contributed by atoms with Crippen molar-refractivity contribution in [1.82, 2.24) is 15.2 Å². The highest BCUT2D eigenvalue weighted by Crippen LogP contribution is 2.38. The molecule has 6 heteroatoms. The molecule has 5 nitrogen and oxygen atoms in total. The molecule has 1 fully saturated rings. The molecule has 1 saturated carbocycles. The monoisotopic (exact) mass is 316 g/mol. The fraction of sp³-hybridized carbons (Fsp3) is 0.438. The number of rotatable bonds is 6. The Hall–Kier alpha value is -1.82. The third kappa shape index (κ3) is 3.88. The smallest absolute Gasteiger partial charge is 0.234 e. The number of hydrogen-bond donors (Lipinski definition) is 2. The molecule has 1 aliphatic carbocycles. The Morgan fingerprint density at radius 2 is 2.27 bits per heavy atom. The third-order valence-corrected chi connectivity index (χ3v) is 4.46. The largest absolute Gasteiger partial charge is 0.325 e. The molecular formula is C16H20N4OS. The van der Waals surface area contributed by atoms with Gasteiger partial charge in [0.2, 0.25) is 11.1 Å². The zero-order valence-corrected chi connectivity index (χ0v) is 13.6. The predicted octanol–water partition coefficient (Wildman–Crippen LogP) is 3.54. The molecule has 2 aromatic rings. The van der Waals surface area contributed by atoms with Crippen molar-refractivity contribution in [3.05, 3.63) is 35.7 Å². The van der Waals surface area contributed by atoms with Crippen molar-refractivity contribution in [3.63, 3.8) is 0 Å². The second kappa shape index (κ2) is 6.52. The van der Waals surface area contributed by atoms with Gasteiger partial charge in [-0.1, -0.05) is 37.7 Å². The number of carbonyl (C=O) groups is 1. The molecule has 1 heterocycles. The Labute approximate surface area is 134 Å². The lowest BCUT2D eigenvalue weighted by Gasteiger charge is -2.09. The van der Waals surface area contributed by atoms with Crippen LogP contribution in [0.2, 0.25) is 0 Å². The molecule has 0 radical (unpaired) electrons. The van der Waals surface area contributed by atoms with Gasteiger partial charge in [-0.3, -0.25) is 9.89 Å². The summed E-state index contributed by atoms with van der Waals surface area (Å²) in [5.74, 6) is 2.22. The van der Waals surface area contributed by atoms with E-state index in [9.17, 15) is 4.79 Å². The molecule has 22 heavy (non-hydrogen) atoms. The number of hydrogen-bond acceptors (Lipinski definition) is 4. The number of nitrogens with one attached hydrogen (secondary N) is 2. The summed E-state index contributed by atoms with van der Waals surface area (Å²) in [6.45, 7) is 4.27. The molecule has 1 aromatic carbocycles. The maximum atomic E-state index is 12.0. The molecular weight excluding hydrogens is 296 g/mol. The molecule has 0 unspecified atom stereocenters. The van der Waals surface area contributed by atoms with Crippen molar-refractivity contribution >= 4 is 23.4 Å². The van der Waals surface area contributed by atoms with Crippen LogP contribution in [0.25, 0.3) is 0 Å². The van der Waals surface area contributed by atoms with Gasteiger partial charge in [0.25, 0.3) is 0 Å². The normalized spacial score (nSPS) is 14.3. The number of anilines is 1. The maximum Gasteiger partial charge on any atom is 0.234 e. The van der Waals surface area contributed by atoms with Crippen LogP contribution in [0.5, 0.6) is 0 Å². The van der Waals surface area contributed by atoms with Crippen molar-refractivity contribution in [3.8, 4) is 0 Å². The van der Waals surface area contributed by atoms with Crippen LogP contribution in [0.1, 0.15) is 49.9 Å². The predicted molar refractivity (Wildman–Crippen MR) is 88.2 cm³/mol. The van der Waals surface area contributed by atoms with Gasteiger partial charge in [0.1, 0.15) is 5.82 Å². The molecule has 1 aromatic heterocycles. The minimum Gasteiger partial charge on any atom is -0.325 e. The second-order valence-electron chi connectivity index (χ2n) is 5.89. The Morgan fingerprint density at radius 1 is 1.45 bits per heavy atom. The summed E-state index contributed by atoms with van der Waals surface area (Å²) in [5.41, 5.74) is 2.05. The number of H-pyrrole nitrogens is 1. The van der Waals surface area contributed by atoms with Gasteiger partial charge in [0.05, 0.1) is 5.75 Å². The number of benzene rings is 1. The summed E-state index contributed by atoms with van der Waals surface area (Å²) < 4.78 is 0. The Morgan fingerprint density at radius 3 is 3.00 bits per heavy atom. The van der Waals surface area contributed by atoms with Gasteiger partial charge in [0.15, 0.2) is 0 Å². The third-order valence-electron chi connectivity index (χ3n) is 3.62. The van der Waals surface area contributed by atoms with E-state index in [2.05, 4.69) is 40.4 Å². The van der Waals surface area contributed by atoms with Crippen molar-refractivity contribution in [2.45, 2.75) is 43.7 Å². The van der Waals surface area contributed by atoms with Crippen molar-refractivity contribution in [1.29, 1.82) is 0 Å². The van der Waals surface area contributed by atoms with Crippen LogP contribution in [0, 0.1) is 0 Å². The van der Waals surface area contributed by atoms with Crippen molar-refractivity contribution in [2.75, 3.05) is 11.1 Å². The van der Waals surface area contributed by atoms with Gasteiger partial charge >= 0.3 is 0 Å². The van der Waals surface area contributed by atoms with E-state index < -0.39 is 0 Å². The second-order valence-corrected chi connectivity index (χ2v) is 6.84. The molecule has 0 aliphatic heterocycles. The Balaban J connectivity index is 1.52. The van der Waals surface area contributed by atoms with Crippen molar-refractivity contribution < 1.29 is 4.79 Å². The number of aromatic nitrogens is 3. The first kappa shape index (κ1) is 15.1. The molecule has 2 N–H and O–H groups in total.